The molecular formula is C12H18N2O. The van der Waals surface area contributed by atoms with E-state index < -0.39 is 0 Å². The highest BCUT2D eigenvalue weighted by molar-refractivity contribution is 5.65. The maximum absolute atomic E-state index is 9.18. The normalized spacial score (nSPS) is 14.4. The number of hydrazone groups is 1. The maximum Gasteiger partial charge on any atom is 0.111 e. The first kappa shape index (κ1) is 13.2. The van der Waals surface area contributed by atoms with Crippen molar-refractivity contribution in [1.82, 2.24) is 5.43 Å². The van der Waals surface area contributed by atoms with Crippen molar-refractivity contribution in [3.05, 3.63) is 48.9 Å². The fraction of sp³-hybridized carbons (Fsp3) is 0.250. The quantitative estimate of drug-likeness (QED) is 0.304. The van der Waals surface area contributed by atoms with Crippen molar-refractivity contribution in [1.29, 1.82) is 0 Å². The van der Waals surface area contributed by atoms with Crippen molar-refractivity contribution in [2.75, 3.05) is 0 Å². The predicted molar refractivity (Wildman–Crippen MR) is 65.7 cm³/mol. The Morgan fingerprint density at radius 2 is 2.13 bits per heavy atom. The molecule has 15 heavy (non-hydrogen) atoms. The SMILES string of the molecule is C=CNN=CC(C)C(=C)/C=C\C(O)=C/C. The second kappa shape index (κ2) is 7.62. The van der Waals surface area contributed by atoms with Crippen molar-refractivity contribution >= 4 is 6.21 Å². The van der Waals surface area contributed by atoms with E-state index in [1.165, 1.54) is 6.20 Å². The Labute approximate surface area is 91.2 Å². The first-order valence-electron chi connectivity index (χ1n) is 4.73. The van der Waals surface area contributed by atoms with E-state index in [-0.39, 0.29) is 11.7 Å². The fourth-order valence-corrected chi connectivity index (χ4v) is 0.744. The lowest BCUT2D eigenvalue weighted by atomic mass is 10.0. The number of aliphatic hydroxyl groups is 1. The lowest BCUT2D eigenvalue weighted by molar-refractivity contribution is 0.431. The third-order valence-electron chi connectivity index (χ3n) is 1.81. The molecule has 2 N–H and O–H groups in total. The molecule has 0 rings (SSSR count). The third kappa shape index (κ3) is 6.32. The van der Waals surface area contributed by atoms with Crippen LogP contribution in [0.15, 0.2) is 54.0 Å². The van der Waals surface area contributed by atoms with E-state index in [1.807, 2.05) is 6.92 Å². The zero-order chi connectivity index (χ0) is 11.7. The Morgan fingerprint density at radius 3 is 2.67 bits per heavy atom. The number of aliphatic hydroxyl groups excluding tert-OH is 1. The summed E-state index contributed by atoms with van der Waals surface area (Å²) < 4.78 is 0. The maximum atomic E-state index is 9.18. The van der Waals surface area contributed by atoms with Gasteiger partial charge in [0.05, 0.1) is 0 Å². The second-order valence-corrected chi connectivity index (χ2v) is 3.02. The molecule has 0 fully saturated rings. The number of allylic oxidation sites excluding steroid dienone is 4. The van der Waals surface area contributed by atoms with Crippen LogP contribution >= 0.6 is 0 Å². The molecule has 0 aliphatic carbocycles. The van der Waals surface area contributed by atoms with Gasteiger partial charge in [-0.05, 0) is 24.6 Å². The minimum Gasteiger partial charge on any atom is -0.508 e. The van der Waals surface area contributed by atoms with Crippen molar-refractivity contribution < 1.29 is 5.11 Å². The van der Waals surface area contributed by atoms with Gasteiger partial charge in [0.15, 0.2) is 0 Å². The van der Waals surface area contributed by atoms with Gasteiger partial charge >= 0.3 is 0 Å². The molecule has 0 aromatic heterocycles. The molecule has 0 radical (unpaired) electrons. The van der Waals surface area contributed by atoms with E-state index in [0.717, 1.165) is 5.57 Å². The molecule has 0 aromatic carbocycles. The molecule has 1 unspecified atom stereocenters. The average Bonchev–Trinajstić information content (AvgIpc) is 2.25. The molecular weight excluding hydrogens is 188 g/mol. The standard InChI is InChI=1S/C12H18N2O/c1-5-12(15)8-7-10(3)11(4)9-14-13-6-2/h5-9,11,13,15H,2-3H2,1,4H3/b8-7-,12-5+,14-9?. The van der Waals surface area contributed by atoms with Gasteiger partial charge in [-0.2, -0.15) is 5.10 Å². The highest BCUT2D eigenvalue weighted by atomic mass is 16.3. The van der Waals surface area contributed by atoms with E-state index in [9.17, 15) is 5.11 Å². The lowest BCUT2D eigenvalue weighted by Crippen LogP contribution is -2.01. The van der Waals surface area contributed by atoms with E-state index in [4.69, 9.17) is 0 Å². The summed E-state index contributed by atoms with van der Waals surface area (Å²) in [5.41, 5.74) is 3.49. The molecule has 0 aromatic rings. The second-order valence-electron chi connectivity index (χ2n) is 3.02. The molecule has 0 spiro atoms. The molecule has 0 saturated carbocycles. The molecule has 0 amide bonds. The van der Waals surface area contributed by atoms with Gasteiger partial charge in [-0.1, -0.05) is 26.2 Å². The summed E-state index contributed by atoms with van der Waals surface area (Å²) in [6.07, 6.45) is 8.20. The monoisotopic (exact) mass is 206 g/mol. The molecule has 0 bridgehead atoms. The molecule has 0 saturated heterocycles. The van der Waals surface area contributed by atoms with Crippen LogP contribution in [0.4, 0.5) is 0 Å². The van der Waals surface area contributed by atoms with Crippen molar-refractivity contribution in [3.63, 3.8) is 0 Å². The number of rotatable bonds is 6. The van der Waals surface area contributed by atoms with E-state index in [1.54, 1.807) is 31.4 Å². The van der Waals surface area contributed by atoms with Gasteiger partial charge in [-0.15, -0.1) is 0 Å². The Morgan fingerprint density at radius 1 is 1.47 bits per heavy atom. The number of nitrogens with one attached hydrogen (secondary N) is 1. The Kier molecular flexibility index (Phi) is 6.72. The zero-order valence-corrected chi connectivity index (χ0v) is 9.27. The molecule has 0 aliphatic heterocycles. The number of hydrogen-bond acceptors (Lipinski definition) is 3. The number of nitrogens with zero attached hydrogens (tertiary/aromatic N) is 1. The van der Waals surface area contributed by atoms with E-state index >= 15 is 0 Å². The summed E-state index contributed by atoms with van der Waals surface area (Å²) in [5.74, 6) is 0.336. The van der Waals surface area contributed by atoms with Crippen LogP contribution in [0.5, 0.6) is 0 Å². The highest BCUT2D eigenvalue weighted by Gasteiger charge is 1.99. The Bertz CT molecular complexity index is 301. The van der Waals surface area contributed by atoms with Crippen LogP contribution < -0.4 is 5.43 Å². The number of hydrogen-bond donors (Lipinski definition) is 2. The van der Waals surface area contributed by atoms with E-state index in [0.29, 0.717) is 0 Å². The highest BCUT2D eigenvalue weighted by Crippen LogP contribution is 2.08. The Balaban J connectivity index is 4.21. The summed E-state index contributed by atoms with van der Waals surface area (Å²) in [7, 11) is 0. The lowest BCUT2D eigenvalue weighted by Gasteiger charge is -2.04. The van der Waals surface area contributed by atoms with Crippen LogP contribution in [0.1, 0.15) is 13.8 Å². The summed E-state index contributed by atoms with van der Waals surface area (Å²) in [5, 5.41) is 13.1. The van der Waals surface area contributed by atoms with Crippen molar-refractivity contribution in [2.24, 2.45) is 11.0 Å². The fourth-order valence-electron chi connectivity index (χ4n) is 0.744. The van der Waals surface area contributed by atoms with Crippen molar-refractivity contribution in [3.8, 4) is 0 Å². The zero-order valence-electron chi connectivity index (χ0n) is 9.27. The van der Waals surface area contributed by atoms with Gasteiger partial charge < -0.3 is 5.11 Å². The van der Waals surface area contributed by atoms with Gasteiger partial charge in [-0.3, -0.25) is 5.43 Å². The predicted octanol–water partition coefficient (Wildman–Crippen LogP) is 2.92. The van der Waals surface area contributed by atoms with Crippen LogP contribution in [-0.4, -0.2) is 11.3 Å². The first-order chi connectivity index (χ1) is 7.11. The average molecular weight is 206 g/mol. The summed E-state index contributed by atoms with van der Waals surface area (Å²) in [6, 6.07) is 0. The van der Waals surface area contributed by atoms with E-state index in [2.05, 4.69) is 23.7 Å². The molecule has 1 atom stereocenters. The third-order valence-corrected chi connectivity index (χ3v) is 1.81. The van der Waals surface area contributed by atoms with Gasteiger partial charge in [0.25, 0.3) is 0 Å². The molecule has 0 aliphatic rings. The van der Waals surface area contributed by atoms with Gasteiger partial charge in [0.2, 0.25) is 0 Å². The summed E-state index contributed by atoms with van der Waals surface area (Å²) in [6.45, 7) is 11.1. The topological polar surface area (TPSA) is 44.6 Å². The van der Waals surface area contributed by atoms with Gasteiger partial charge in [-0.25, -0.2) is 0 Å². The Hall–Kier alpha value is -1.77. The molecule has 3 nitrogen and oxygen atoms in total. The van der Waals surface area contributed by atoms with Crippen LogP contribution in [0.3, 0.4) is 0 Å². The molecule has 3 heteroatoms. The summed E-state index contributed by atoms with van der Waals surface area (Å²) in [4.78, 5) is 0. The van der Waals surface area contributed by atoms with Crippen LogP contribution in [0, 0.1) is 5.92 Å². The van der Waals surface area contributed by atoms with Gasteiger partial charge in [0, 0.05) is 18.3 Å². The summed E-state index contributed by atoms with van der Waals surface area (Å²) >= 11 is 0. The first-order valence-corrected chi connectivity index (χ1v) is 4.73. The minimum atomic E-state index is 0.110. The van der Waals surface area contributed by atoms with Crippen molar-refractivity contribution in [2.45, 2.75) is 13.8 Å². The minimum absolute atomic E-state index is 0.110. The van der Waals surface area contributed by atoms with Crippen LogP contribution in [-0.2, 0) is 0 Å². The smallest absolute Gasteiger partial charge is 0.111 e. The van der Waals surface area contributed by atoms with Crippen LogP contribution in [0.25, 0.3) is 0 Å². The van der Waals surface area contributed by atoms with Gasteiger partial charge in [0.1, 0.15) is 5.76 Å². The molecule has 0 heterocycles. The molecule has 82 valence electrons. The largest absolute Gasteiger partial charge is 0.508 e. The van der Waals surface area contributed by atoms with Crippen LogP contribution in [0.2, 0.25) is 0 Å².